The minimum absolute atomic E-state index is 0.00347. The molecule has 172 valence electrons. The fraction of sp³-hybridized carbons (Fsp3) is 0.360. The molecular weight excluding hydrogens is 420 g/mol. The Kier molecular flexibility index (Phi) is 6.72. The maximum absolute atomic E-state index is 12.7. The van der Waals surface area contributed by atoms with Crippen LogP contribution in [0.4, 0.5) is 10.5 Å². The number of hydrogen-bond donors (Lipinski definition) is 3. The maximum atomic E-state index is 12.7. The van der Waals surface area contributed by atoms with Gasteiger partial charge in [0, 0.05) is 37.5 Å². The third kappa shape index (κ3) is 5.39. The lowest BCUT2D eigenvalue weighted by atomic mass is 9.90. The number of urea groups is 1. The first-order valence-electron chi connectivity index (χ1n) is 11.2. The number of anilines is 1. The van der Waals surface area contributed by atoms with Crippen LogP contribution in [0.15, 0.2) is 48.5 Å². The fourth-order valence-electron chi connectivity index (χ4n) is 4.60. The molecule has 1 saturated heterocycles. The third-order valence-electron chi connectivity index (χ3n) is 6.36. The zero-order valence-electron chi connectivity index (χ0n) is 18.6. The van der Waals surface area contributed by atoms with Crippen molar-refractivity contribution in [3.8, 4) is 0 Å². The molecule has 5 amide bonds. The van der Waals surface area contributed by atoms with Gasteiger partial charge >= 0.3 is 6.03 Å². The topological polar surface area (TPSA) is 108 Å². The van der Waals surface area contributed by atoms with Crippen LogP contribution < -0.4 is 16.0 Å². The zero-order chi connectivity index (χ0) is 23.4. The van der Waals surface area contributed by atoms with Gasteiger partial charge in [-0.1, -0.05) is 36.4 Å². The first-order chi connectivity index (χ1) is 15.9. The number of piperidine rings is 1. The number of nitrogens with one attached hydrogen (secondary N) is 3. The minimum Gasteiger partial charge on any atom is -0.341 e. The molecule has 1 unspecified atom stereocenters. The molecule has 1 aliphatic carbocycles. The summed E-state index contributed by atoms with van der Waals surface area (Å²) in [7, 11) is 1.46. The molecule has 2 atom stereocenters. The van der Waals surface area contributed by atoms with E-state index in [4.69, 9.17) is 0 Å². The van der Waals surface area contributed by atoms with E-state index in [1.165, 1.54) is 12.6 Å². The minimum atomic E-state index is -0.523. The van der Waals surface area contributed by atoms with E-state index < -0.39 is 6.03 Å². The Morgan fingerprint density at radius 3 is 2.55 bits per heavy atom. The summed E-state index contributed by atoms with van der Waals surface area (Å²) >= 11 is 0. The molecule has 1 fully saturated rings. The first-order valence-corrected chi connectivity index (χ1v) is 11.2. The fourth-order valence-corrected chi connectivity index (χ4v) is 4.60. The van der Waals surface area contributed by atoms with Gasteiger partial charge in [-0.25, -0.2) is 4.79 Å². The highest BCUT2D eigenvalue weighted by molar-refractivity contribution is 5.96. The van der Waals surface area contributed by atoms with Crippen molar-refractivity contribution in [1.29, 1.82) is 0 Å². The SMILES string of the molecule is CNC(=O)NC(=O)C1Cc2ccc(NC(=O)CN3C[C@H](c4ccccc4)CCC3=O)cc2C1. The maximum Gasteiger partial charge on any atom is 0.321 e. The van der Waals surface area contributed by atoms with E-state index in [0.29, 0.717) is 31.5 Å². The Morgan fingerprint density at radius 1 is 1.03 bits per heavy atom. The van der Waals surface area contributed by atoms with Crippen molar-refractivity contribution in [2.24, 2.45) is 5.92 Å². The number of fused-ring (bicyclic) bond motifs is 1. The van der Waals surface area contributed by atoms with Crippen molar-refractivity contribution < 1.29 is 19.2 Å². The summed E-state index contributed by atoms with van der Waals surface area (Å²) in [6.07, 6.45) is 2.28. The van der Waals surface area contributed by atoms with Crippen LogP contribution in [0.3, 0.4) is 0 Å². The molecule has 4 rings (SSSR count). The van der Waals surface area contributed by atoms with Crippen LogP contribution in [-0.2, 0) is 27.2 Å². The van der Waals surface area contributed by atoms with Gasteiger partial charge in [0.2, 0.25) is 17.7 Å². The largest absolute Gasteiger partial charge is 0.341 e. The number of nitrogens with zero attached hydrogens (tertiary/aromatic N) is 1. The van der Waals surface area contributed by atoms with Crippen molar-refractivity contribution in [3.63, 3.8) is 0 Å². The molecule has 0 saturated carbocycles. The molecule has 33 heavy (non-hydrogen) atoms. The molecule has 3 N–H and O–H groups in total. The quantitative estimate of drug-likeness (QED) is 0.652. The molecular formula is C25H28N4O4. The van der Waals surface area contributed by atoms with Crippen LogP contribution in [0, 0.1) is 5.92 Å². The summed E-state index contributed by atoms with van der Waals surface area (Å²) in [5.74, 6) is -0.647. The van der Waals surface area contributed by atoms with Gasteiger partial charge in [0.15, 0.2) is 0 Å². The lowest BCUT2D eigenvalue weighted by Crippen LogP contribution is -2.43. The van der Waals surface area contributed by atoms with Crippen LogP contribution in [0.25, 0.3) is 0 Å². The number of imide groups is 1. The Hall–Kier alpha value is -3.68. The first kappa shape index (κ1) is 22.5. The van der Waals surface area contributed by atoms with Gasteiger partial charge in [-0.15, -0.1) is 0 Å². The summed E-state index contributed by atoms with van der Waals surface area (Å²) in [6, 6.07) is 15.1. The highest BCUT2D eigenvalue weighted by Gasteiger charge is 2.30. The lowest BCUT2D eigenvalue weighted by molar-refractivity contribution is -0.137. The number of rotatable bonds is 5. The van der Waals surface area contributed by atoms with Gasteiger partial charge in [0.1, 0.15) is 0 Å². The standard InChI is InChI=1S/C25H28N4O4/c1-26-25(33)28-24(32)20-11-17-7-9-21(13-19(17)12-20)27-22(30)15-29-14-18(8-10-23(29)31)16-5-3-2-4-6-16/h2-7,9,13,18,20H,8,10-12,14-15H2,1H3,(H,27,30)(H2,26,28,32,33)/t18-,20?/m1/s1. The Balaban J connectivity index is 1.34. The number of amides is 5. The second-order valence-electron chi connectivity index (χ2n) is 8.63. The highest BCUT2D eigenvalue weighted by Crippen LogP contribution is 2.30. The molecule has 2 aromatic carbocycles. The third-order valence-corrected chi connectivity index (χ3v) is 6.36. The smallest absolute Gasteiger partial charge is 0.321 e. The van der Waals surface area contributed by atoms with Crippen LogP contribution in [-0.4, -0.2) is 48.8 Å². The molecule has 2 aromatic rings. The number of benzene rings is 2. The Morgan fingerprint density at radius 2 is 1.79 bits per heavy atom. The Bertz CT molecular complexity index is 1070. The van der Waals surface area contributed by atoms with Gasteiger partial charge < -0.3 is 15.5 Å². The van der Waals surface area contributed by atoms with E-state index in [0.717, 1.165) is 17.5 Å². The van der Waals surface area contributed by atoms with Crippen molar-refractivity contribution in [2.45, 2.75) is 31.6 Å². The van der Waals surface area contributed by atoms with Crippen molar-refractivity contribution in [1.82, 2.24) is 15.5 Å². The summed E-state index contributed by atoms with van der Waals surface area (Å²) < 4.78 is 0. The van der Waals surface area contributed by atoms with Gasteiger partial charge in [0.25, 0.3) is 0 Å². The van der Waals surface area contributed by atoms with Gasteiger partial charge in [-0.2, -0.15) is 0 Å². The van der Waals surface area contributed by atoms with Crippen molar-refractivity contribution in [3.05, 3.63) is 65.2 Å². The van der Waals surface area contributed by atoms with Gasteiger partial charge in [-0.3, -0.25) is 19.7 Å². The van der Waals surface area contributed by atoms with Crippen molar-refractivity contribution >= 4 is 29.4 Å². The molecule has 1 heterocycles. The predicted octanol–water partition coefficient (Wildman–Crippen LogP) is 2.20. The average Bonchev–Trinajstić information content (AvgIpc) is 3.24. The predicted molar refractivity (Wildman–Crippen MR) is 124 cm³/mol. The van der Waals surface area contributed by atoms with Gasteiger partial charge in [-0.05, 0) is 48.1 Å². The Labute approximate surface area is 192 Å². The van der Waals surface area contributed by atoms with E-state index in [9.17, 15) is 19.2 Å². The van der Waals surface area contributed by atoms with Crippen LogP contribution in [0.1, 0.15) is 35.4 Å². The van der Waals surface area contributed by atoms with E-state index in [1.807, 2.05) is 30.3 Å². The molecule has 0 aromatic heterocycles. The highest BCUT2D eigenvalue weighted by atomic mass is 16.2. The summed E-state index contributed by atoms with van der Waals surface area (Å²) in [5, 5.41) is 7.58. The second-order valence-corrected chi connectivity index (χ2v) is 8.63. The number of carbonyl (C=O) groups is 4. The van der Waals surface area contributed by atoms with Crippen molar-refractivity contribution in [2.75, 3.05) is 25.5 Å². The van der Waals surface area contributed by atoms with E-state index in [-0.39, 0.29) is 36.1 Å². The van der Waals surface area contributed by atoms with E-state index in [1.54, 1.807) is 11.0 Å². The molecule has 0 spiro atoms. The molecule has 8 nitrogen and oxygen atoms in total. The lowest BCUT2D eigenvalue weighted by Gasteiger charge is -2.32. The number of hydrogen-bond acceptors (Lipinski definition) is 4. The van der Waals surface area contributed by atoms with Crippen LogP contribution in [0.2, 0.25) is 0 Å². The summed E-state index contributed by atoms with van der Waals surface area (Å²) in [6.45, 7) is 0.541. The second kappa shape index (κ2) is 9.85. The summed E-state index contributed by atoms with van der Waals surface area (Å²) in [5.41, 5.74) is 3.82. The van der Waals surface area contributed by atoms with Gasteiger partial charge in [0.05, 0.1) is 6.54 Å². The van der Waals surface area contributed by atoms with Crippen LogP contribution >= 0.6 is 0 Å². The monoisotopic (exact) mass is 448 g/mol. The van der Waals surface area contributed by atoms with E-state index >= 15 is 0 Å². The molecule has 1 aliphatic heterocycles. The molecule has 8 heteroatoms. The molecule has 0 bridgehead atoms. The average molecular weight is 449 g/mol. The van der Waals surface area contributed by atoms with Crippen LogP contribution in [0.5, 0.6) is 0 Å². The normalized spacial score (nSPS) is 19.5. The number of likely N-dealkylation sites (tertiary alicyclic amines) is 1. The molecule has 2 aliphatic rings. The summed E-state index contributed by atoms with van der Waals surface area (Å²) in [4.78, 5) is 50.3. The molecule has 0 radical (unpaired) electrons. The zero-order valence-corrected chi connectivity index (χ0v) is 18.6. The van der Waals surface area contributed by atoms with E-state index in [2.05, 4.69) is 28.1 Å². The number of carbonyl (C=O) groups excluding carboxylic acids is 4.